The van der Waals surface area contributed by atoms with Crippen molar-refractivity contribution in [3.05, 3.63) is 0 Å². The van der Waals surface area contributed by atoms with Crippen molar-refractivity contribution < 1.29 is 9.90 Å². The predicted molar refractivity (Wildman–Crippen MR) is 40.1 cm³/mol. The number of carboxylic acid groups (broad SMARTS) is 1. The van der Waals surface area contributed by atoms with Gasteiger partial charge in [0.25, 0.3) is 0 Å². The van der Waals surface area contributed by atoms with Crippen molar-refractivity contribution in [2.24, 2.45) is 17.6 Å². The van der Waals surface area contributed by atoms with Crippen LogP contribution in [0, 0.1) is 11.8 Å². The van der Waals surface area contributed by atoms with Gasteiger partial charge in [0.15, 0.2) is 0 Å². The van der Waals surface area contributed by atoms with E-state index in [1.165, 1.54) is 0 Å². The highest BCUT2D eigenvalue weighted by Gasteiger charge is 2.45. The topological polar surface area (TPSA) is 63.3 Å². The zero-order valence-electron chi connectivity index (χ0n) is 5.78. The monoisotopic (exact) mass is 165 g/mol. The van der Waals surface area contributed by atoms with E-state index in [2.05, 4.69) is 0 Å². The molecule has 0 aliphatic heterocycles. The van der Waals surface area contributed by atoms with Gasteiger partial charge in [-0.2, -0.15) is 0 Å². The molecule has 0 radical (unpaired) electrons. The van der Waals surface area contributed by atoms with Crippen LogP contribution >= 0.6 is 12.4 Å². The van der Waals surface area contributed by atoms with Crippen molar-refractivity contribution >= 4 is 18.4 Å². The molecular formula is C6H12ClNO2. The summed E-state index contributed by atoms with van der Waals surface area (Å²) in [6.45, 7) is 1.85. The fraction of sp³-hybridized carbons (Fsp3) is 0.833. The maximum atomic E-state index is 10.2. The molecule has 60 valence electrons. The molecule has 0 aromatic rings. The molecule has 3 unspecified atom stereocenters. The lowest BCUT2D eigenvalue weighted by atomic mass is 10.2. The van der Waals surface area contributed by atoms with Gasteiger partial charge in [0.1, 0.15) is 0 Å². The summed E-state index contributed by atoms with van der Waals surface area (Å²) >= 11 is 0. The van der Waals surface area contributed by atoms with Gasteiger partial charge in [-0.15, -0.1) is 12.4 Å². The van der Waals surface area contributed by atoms with Gasteiger partial charge in [-0.05, 0) is 19.3 Å². The van der Waals surface area contributed by atoms with Crippen LogP contribution in [0.4, 0.5) is 0 Å². The Morgan fingerprint density at radius 2 is 2.30 bits per heavy atom. The first-order valence-electron chi connectivity index (χ1n) is 3.11. The van der Waals surface area contributed by atoms with Gasteiger partial charge in [-0.25, -0.2) is 0 Å². The number of halogens is 1. The molecule has 0 spiro atoms. The van der Waals surface area contributed by atoms with Crippen LogP contribution in [-0.2, 0) is 4.79 Å². The number of hydrogen-bond donors (Lipinski definition) is 2. The Morgan fingerprint density at radius 3 is 2.40 bits per heavy atom. The van der Waals surface area contributed by atoms with Gasteiger partial charge in [0, 0.05) is 6.04 Å². The Balaban J connectivity index is 0.000000810. The van der Waals surface area contributed by atoms with E-state index in [1.54, 1.807) is 0 Å². The molecule has 3 N–H and O–H groups in total. The third-order valence-electron chi connectivity index (χ3n) is 1.83. The standard InChI is InChI=1S/C6H11NO2.ClH/c1-3(7)4-2-5(4)6(8)9;/h3-5H,2,7H2,1H3,(H,8,9);1H. The summed E-state index contributed by atoms with van der Waals surface area (Å²) < 4.78 is 0. The van der Waals surface area contributed by atoms with E-state index in [0.717, 1.165) is 6.42 Å². The minimum absolute atomic E-state index is 0. The van der Waals surface area contributed by atoms with Crippen molar-refractivity contribution in [3.63, 3.8) is 0 Å². The lowest BCUT2D eigenvalue weighted by molar-refractivity contribution is -0.138. The summed E-state index contributed by atoms with van der Waals surface area (Å²) in [6.07, 6.45) is 0.771. The van der Waals surface area contributed by atoms with Gasteiger partial charge < -0.3 is 10.8 Å². The molecule has 0 saturated heterocycles. The maximum absolute atomic E-state index is 10.2. The minimum atomic E-state index is -0.697. The first-order chi connectivity index (χ1) is 4.13. The molecule has 3 nitrogen and oxygen atoms in total. The Bertz CT molecular complexity index is 138. The molecule has 1 aliphatic rings. The van der Waals surface area contributed by atoms with Crippen molar-refractivity contribution in [2.75, 3.05) is 0 Å². The lowest BCUT2D eigenvalue weighted by Gasteiger charge is -1.98. The molecule has 10 heavy (non-hydrogen) atoms. The van der Waals surface area contributed by atoms with Gasteiger partial charge >= 0.3 is 5.97 Å². The summed E-state index contributed by atoms with van der Waals surface area (Å²) in [5, 5.41) is 8.42. The van der Waals surface area contributed by atoms with Gasteiger partial charge in [-0.1, -0.05) is 0 Å². The van der Waals surface area contributed by atoms with E-state index >= 15 is 0 Å². The van der Waals surface area contributed by atoms with E-state index in [1.807, 2.05) is 6.92 Å². The molecule has 0 bridgehead atoms. The van der Waals surface area contributed by atoms with E-state index in [4.69, 9.17) is 10.8 Å². The third-order valence-corrected chi connectivity index (χ3v) is 1.83. The van der Waals surface area contributed by atoms with Gasteiger partial charge in [0.05, 0.1) is 5.92 Å². The Labute approximate surface area is 66.0 Å². The molecule has 0 heterocycles. The zero-order chi connectivity index (χ0) is 7.02. The Kier molecular flexibility index (Phi) is 3.12. The number of nitrogens with two attached hydrogens (primary N) is 1. The van der Waals surface area contributed by atoms with E-state index in [0.29, 0.717) is 0 Å². The van der Waals surface area contributed by atoms with Crippen LogP contribution in [0.2, 0.25) is 0 Å². The van der Waals surface area contributed by atoms with Crippen molar-refractivity contribution in [1.82, 2.24) is 0 Å². The summed E-state index contributed by atoms with van der Waals surface area (Å²) in [5.74, 6) is -0.607. The van der Waals surface area contributed by atoms with E-state index in [-0.39, 0.29) is 30.3 Å². The smallest absolute Gasteiger partial charge is 0.306 e. The highest BCUT2D eigenvalue weighted by Crippen LogP contribution is 2.40. The zero-order valence-corrected chi connectivity index (χ0v) is 6.60. The van der Waals surface area contributed by atoms with Crippen LogP contribution in [0.3, 0.4) is 0 Å². The molecule has 0 amide bonds. The van der Waals surface area contributed by atoms with Crippen LogP contribution in [0.25, 0.3) is 0 Å². The molecule has 0 aromatic heterocycles. The average Bonchev–Trinajstić information content (AvgIpc) is 2.39. The van der Waals surface area contributed by atoms with Crippen LogP contribution in [-0.4, -0.2) is 17.1 Å². The van der Waals surface area contributed by atoms with Crippen LogP contribution < -0.4 is 5.73 Å². The minimum Gasteiger partial charge on any atom is -0.481 e. The fourth-order valence-electron chi connectivity index (χ4n) is 1.08. The maximum Gasteiger partial charge on any atom is 0.306 e. The molecule has 1 aliphatic carbocycles. The molecule has 1 rings (SSSR count). The molecule has 3 atom stereocenters. The number of rotatable bonds is 2. The first-order valence-corrected chi connectivity index (χ1v) is 3.11. The van der Waals surface area contributed by atoms with Crippen LogP contribution in [0.5, 0.6) is 0 Å². The number of hydrogen-bond acceptors (Lipinski definition) is 2. The van der Waals surface area contributed by atoms with Crippen molar-refractivity contribution in [1.29, 1.82) is 0 Å². The van der Waals surface area contributed by atoms with Gasteiger partial charge in [-0.3, -0.25) is 4.79 Å². The highest BCUT2D eigenvalue weighted by molar-refractivity contribution is 5.85. The molecule has 4 heteroatoms. The second-order valence-electron chi connectivity index (χ2n) is 2.70. The number of carboxylic acids is 1. The molecular weight excluding hydrogens is 154 g/mol. The SMILES string of the molecule is CC(N)C1CC1C(=O)O.Cl. The second-order valence-corrected chi connectivity index (χ2v) is 2.70. The second kappa shape index (κ2) is 3.21. The normalized spacial score (nSPS) is 32.2. The number of carbonyl (C=O) groups is 1. The van der Waals surface area contributed by atoms with Crippen molar-refractivity contribution in [2.45, 2.75) is 19.4 Å². The quantitative estimate of drug-likeness (QED) is 0.626. The summed E-state index contributed by atoms with van der Waals surface area (Å²) in [5.41, 5.74) is 5.46. The largest absolute Gasteiger partial charge is 0.481 e. The molecule has 0 aromatic carbocycles. The van der Waals surface area contributed by atoms with Crippen LogP contribution in [0.15, 0.2) is 0 Å². The van der Waals surface area contributed by atoms with E-state index in [9.17, 15) is 4.79 Å². The summed E-state index contributed by atoms with van der Waals surface area (Å²) in [7, 11) is 0. The summed E-state index contributed by atoms with van der Waals surface area (Å²) in [4.78, 5) is 10.2. The van der Waals surface area contributed by atoms with Gasteiger partial charge in [0.2, 0.25) is 0 Å². The number of aliphatic carboxylic acids is 1. The highest BCUT2D eigenvalue weighted by atomic mass is 35.5. The molecule has 1 saturated carbocycles. The Hall–Kier alpha value is -0.280. The first kappa shape index (κ1) is 9.72. The van der Waals surface area contributed by atoms with E-state index < -0.39 is 5.97 Å². The van der Waals surface area contributed by atoms with Crippen molar-refractivity contribution in [3.8, 4) is 0 Å². The Morgan fingerprint density at radius 1 is 1.80 bits per heavy atom. The van der Waals surface area contributed by atoms with Crippen LogP contribution in [0.1, 0.15) is 13.3 Å². The average molecular weight is 166 g/mol. The lowest BCUT2D eigenvalue weighted by Crippen LogP contribution is -2.19. The third kappa shape index (κ3) is 1.85. The fourth-order valence-corrected chi connectivity index (χ4v) is 1.08. The molecule has 1 fully saturated rings. The summed E-state index contributed by atoms with van der Waals surface area (Å²) in [6, 6.07) is 0.0473. The predicted octanol–water partition coefficient (Wildman–Crippen LogP) is 0.476.